The summed E-state index contributed by atoms with van der Waals surface area (Å²) in [5, 5.41) is 0. The van der Waals surface area contributed by atoms with Gasteiger partial charge in [-0.25, -0.2) is 10.9 Å². The zero-order valence-electron chi connectivity index (χ0n) is 12.8. The summed E-state index contributed by atoms with van der Waals surface area (Å²) in [4.78, 5) is 12.1. The van der Waals surface area contributed by atoms with Crippen molar-refractivity contribution in [2.45, 2.75) is 18.5 Å². The number of hydrogen-bond acceptors (Lipinski definition) is 5. The number of ether oxygens (including phenoxy) is 2. The van der Waals surface area contributed by atoms with E-state index in [-0.39, 0.29) is 24.7 Å². The van der Waals surface area contributed by atoms with E-state index < -0.39 is 0 Å². The Labute approximate surface area is 135 Å². The van der Waals surface area contributed by atoms with Crippen LogP contribution in [0.25, 0.3) is 0 Å². The van der Waals surface area contributed by atoms with Crippen molar-refractivity contribution in [3.05, 3.63) is 66.2 Å². The Morgan fingerprint density at radius 3 is 2.39 bits per heavy atom. The lowest BCUT2D eigenvalue weighted by Gasteiger charge is -2.11. The number of carbonyl (C=O) groups excluding carboxylic acids is 1. The molecule has 2 aromatic rings. The molecule has 2 atom stereocenters. The van der Waals surface area contributed by atoms with Crippen LogP contribution in [-0.4, -0.2) is 25.2 Å². The van der Waals surface area contributed by atoms with E-state index >= 15 is 0 Å². The quantitative estimate of drug-likeness (QED) is 0.633. The standard InChI is InChI=1S/C18H20N2O3/c21-18(23-12-11-22-15-9-5-2-6-10-15)17-13-16(19-20-17)14-7-3-1-4-8-14/h1-10,16-17,19-20H,11-13H2. The maximum Gasteiger partial charge on any atom is 0.324 e. The summed E-state index contributed by atoms with van der Waals surface area (Å²) in [5.74, 6) is 0.515. The number of hydrogen-bond donors (Lipinski definition) is 2. The molecule has 0 spiro atoms. The fourth-order valence-electron chi connectivity index (χ4n) is 2.53. The third kappa shape index (κ3) is 4.31. The average molecular weight is 312 g/mol. The highest BCUT2D eigenvalue weighted by Gasteiger charge is 2.31. The molecular weight excluding hydrogens is 292 g/mol. The summed E-state index contributed by atoms with van der Waals surface area (Å²) in [6.45, 7) is 0.583. The van der Waals surface area contributed by atoms with Gasteiger partial charge < -0.3 is 9.47 Å². The molecular formula is C18H20N2O3. The monoisotopic (exact) mass is 312 g/mol. The third-order valence-electron chi connectivity index (χ3n) is 3.73. The summed E-state index contributed by atoms with van der Waals surface area (Å²) in [5.41, 5.74) is 7.29. The van der Waals surface area contributed by atoms with Crippen molar-refractivity contribution in [1.29, 1.82) is 0 Å². The number of rotatable bonds is 6. The predicted octanol–water partition coefficient (Wildman–Crippen LogP) is 2.22. The van der Waals surface area contributed by atoms with E-state index in [4.69, 9.17) is 9.47 Å². The molecule has 5 nitrogen and oxygen atoms in total. The van der Waals surface area contributed by atoms with Crippen LogP contribution in [0.5, 0.6) is 5.75 Å². The summed E-state index contributed by atoms with van der Waals surface area (Å²) < 4.78 is 10.8. The van der Waals surface area contributed by atoms with Crippen LogP contribution in [0.1, 0.15) is 18.0 Å². The molecule has 0 aromatic heterocycles. The molecule has 1 saturated heterocycles. The maximum atomic E-state index is 12.1. The van der Waals surface area contributed by atoms with E-state index in [1.54, 1.807) is 0 Å². The molecule has 2 aromatic carbocycles. The minimum Gasteiger partial charge on any atom is -0.490 e. The van der Waals surface area contributed by atoms with Crippen LogP contribution in [0, 0.1) is 0 Å². The molecule has 2 N–H and O–H groups in total. The number of carbonyl (C=O) groups is 1. The van der Waals surface area contributed by atoms with Crippen LogP contribution >= 0.6 is 0 Å². The van der Waals surface area contributed by atoms with Crippen LogP contribution in [0.2, 0.25) is 0 Å². The summed E-state index contributed by atoms with van der Waals surface area (Å²) in [6.07, 6.45) is 0.669. The lowest BCUT2D eigenvalue weighted by atomic mass is 10.0. The summed E-state index contributed by atoms with van der Waals surface area (Å²) >= 11 is 0. The largest absolute Gasteiger partial charge is 0.490 e. The summed E-state index contributed by atoms with van der Waals surface area (Å²) in [7, 11) is 0. The van der Waals surface area contributed by atoms with Crippen molar-refractivity contribution >= 4 is 5.97 Å². The van der Waals surface area contributed by atoms with Gasteiger partial charge >= 0.3 is 5.97 Å². The second-order valence-corrected chi connectivity index (χ2v) is 5.37. The highest BCUT2D eigenvalue weighted by Crippen LogP contribution is 2.22. The van der Waals surface area contributed by atoms with Gasteiger partial charge in [-0.1, -0.05) is 48.5 Å². The second-order valence-electron chi connectivity index (χ2n) is 5.37. The van der Waals surface area contributed by atoms with Crippen molar-refractivity contribution in [3.63, 3.8) is 0 Å². The number of nitrogens with one attached hydrogen (secondary N) is 2. The van der Waals surface area contributed by atoms with E-state index in [9.17, 15) is 4.79 Å². The van der Waals surface area contributed by atoms with Crippen molar-refractivity contribution in [2.75, 3.05) is 13.2 Å². The lowest BCUT2D eigenvalue weighted by molar-refractivity contribution is -0.146. The van der Waals surface area contributed by atoms with E-state index in [2.05, 4.69) is 10.9 Å². The average Bonchev–Trinajstić information content (AvgIpc) is 3.10. The predicted molar refractivity (Wildman–Crippen MR) is 86.8 cm³/mol. The maximum absolute atomic E-state index is 12.1. The molecule has 3 rings (SSSR count). The Morgan fingerprint density at radius 1 is 0.957 bits per heavy atom. The van der Waals surface area contributed by atoms with Crippen LogP contribution in [0.15, 0.2) is 60.7 Å². The smallest absolute Gasteiger partial charge is 0.324 e. The Balaban J connectivity index is 1.39. The number of esters is 1. The zero-order chi connectivity index (χ0) is 15.9. The minimum atomic E-state index is -0.336. The van der Waals surface area contributed by atoms with E-state index in [1.807, 2.05) is 60.7 Å². The van der Waals surface area contributed by atoms with E-state index in [1.165, 1.54) is 0 Å². The minimum absolute atomic E-state index is 0.120. The van der Waals surface area contributed by atoms with Gasteiger partial charge in [0.15, 0.2) is 0 Å². The Kier molecular flexibility index (Phi) is 5.24. The fraction of sp³-hybridized carbons (Fsp3) is 0.278. The molecule has 0 amide bonds. The Morgan fingerprint density at radius 2 is 1.65 bits per heavy atom. The molecule has 120 valence electrons. The highest BCUT2D eigenvalue weighted by atomic mass is 16.6. The summed E-state index contributed by atoms with van der Waals surface area (Å²) in [6, 6.07) is 19.3. The van der Waals surface area contributed by atoms with Gasteiger partial charge in [0.05, 0.1) is 0 Å². The molecule has 5 heteroatoms. The normalized spacial score (nSPS) is 20.2. The van der Waals surface area contributed by atoms with Gasteiger partial charge in [0, 0.05) is 6.04 Å². The molecule has 0 radical (unpaired) electrons. The van der Waals surface area contributed by atoms with Crippen molar-refractivity contribution < 1.29 is 14.3 Å². The van der Waals surface area contributed by atoms with Crippen LogP contribution in [-0.2, 0) is 9.53 Å². The van der Waals surface area contributed by atoms with Gasteiger partial charge in [-0.15, -0.1) is 0 Å². The zero-order valence-corrected chi connectivity index (χ0v) is 12.8. The first kappa shape index (κ1) is 15.5. The van der Waals surface area contributed by atoms with Crippen LogP contribution < -0.4 is 15.6 Å². The molecule has 1 heterocycles. The second kappa shape index (κ2) is 7.76. The first-order valence-electron chi connectivity index (χ1n) is 7.73. The topological polar surface area (TPSA) is 59.6 Å². The van der Waals surface area contributed by atoms with Crippen LogP contribution in [0.3, 0.4) is 0 Å². The molecule has 1 aliphatic rings. The van der Waals surface area contributed by atoms with Crippen molar-refractivity contribution in [3.8, 4) is 5.75 Å². The Bertz CT molecular complexity index is 619. The van der Waals surface area contributed by atoms with Crippen LogP contribution in [0.4, 0.5) is 0 Å². The SMILES string of the molecule is O=C(OCCOc1ccccc1)C1CC(c2ccccc2)NN1. The first-order valence-corrected chi connectivity index (χ1v) is 7.73. The molecule has 23 heavy (non-hydrogen) atoms. The first-order chi connectivity index (χ1) is 11.3. The molecule has 2 unspecified atom stereocenters. The molecule has 0 bridgehead atoms. The van der Waals surface area contributed by atoms with Gasteiger partial charge in [-0.05, 0) is 24.1 Å². The van der Waals surface area contributed by atoms with Gasteiger partial charge in [-0.2, -0.15) is 0 Å². The third-order valence-corrected chi connectivity index (χ3v) is 3.73. The molecule has 0 saturated carbocycles. The number of benzene rings is 2. The number of hydrazine groups is 1. The van der Waals surface area contributed by atoms with Gasteiger partial charge in [0.2, 0.25) is 0 Å². The van der Waals surface area contributed by atoms with Gasteiger partial charge in [0.25, 0.3) is 0 Å². The molecule has 0 aliphatic carbocycles. The van der Waals surface area contributed by atoms with E-state index in [0.29, 0.717) is 13.0 Å². The van der Waals surface area contributed by atoms with Gasteiger partial charge in [-0.3, -0.25) is 4.79 Å². The lowest BCUT2D eigenvalue weighted by Crippen LogP contribution is -2.37. The highest BCUT2D eigenvalue weighted by molar-refractivity contribution is 5.76. The fourth-order valence-corrected chi connectivity index (χ4v) is 2.53. The van der Waals surface area contributed by atoms with E-state index in [0.717, 1.165) is 11.3 Å². The molecule has 1 aliphatic heterocycles. The van der Waals surface area contributed by atoms with Gasteiger partial charge in [0.1, 0.15) is 25.0 Å². The Hall–Kier alpha value is -2.37. The van der Waals surface area contributed by atoms with Crippen molar-refractivity contribution in [1.82, 2.24) is 10.9 Å². The number of para-hydroxylation sites is 1. The van der Waals surface area contributed by atoms with Crippen molar-refractivity contribution in [2.24, 2.45) is 0 Å². The molecule has 1 fully saturated rings.